The predicted octanol–water partition coefficient (Wildman–Crippen LogP) is 1.48. The molecule has 18 heavy (non-hydrogen) atoms. The fourth-order valence-corrected chi connectivity index (χ4v) is 1.60. The number of rotatable bonds is 5. The van der Waals surface area contributed by atoms with Crippen molar-refractivity contribution >= 4 is 28.0 Å². The number of anilines is 1. The Hall–Kier alpha value is -1.86. The van der Waals surface area contributed by atoms with Gasteiger partial charge in [0.15, 0.2) is 0 Å². The van der Waals surface area contributed by atoms with Crippen molar-refractivity contribution in [3.63, 3.8) is 0 Å². The van der Waals surface area contributed by atoms with E-state index in [1.54, 1.807) is 19.1 Å². The van der Waals surface area contributed by atoms with E-state index in [1.165, 1.54) is 24.3 Å². The normalized spacial score (nSPS) is 11.4. The molecule has 0 saturated carbocycles. The lowest BCUT2D eigenvalue weighted by molar-refractivity contribution is -0.137. The van der Waals surface area contributed by atoms with Gasteiger partial charge in [0.2, 0.25) is 0 Å². The second kappa shape index (κ2) is 6.18. The predicted molar refractivity (Wildman–Crippen MR) is 67.3 cm³/mol. The van der Waals surface area contributed by atoms with Gasteiger partial charge in [0.1, 0.15) is 0 Å². The number of ether oxygens (including phenoxy) is 1. The molecule has 1 aromatic rings. The van der Waals surface area contributed by atoms with Crippen molar-refractivity contribution in [1.82, 2.24) is 0 Å². The minimum atomic E-state index is -4.27. The van der Waals surface area contributed by atoms with Gasteiger partial charge in [0, 0.05) is 6.08 Å². The highest BCUT2D eigenvalue weighted by molar-refractivity contribution is 7.87. The first-order valence-electron chi connectivity index (χ1n) is 5.11. The summed E-state index contributed by atoms with van der Waals surface area (Å²) >= 11 is 0. The molecule has 0 aliphatic rings. The number of benzene rings is 1. The third kappa shape index (κ3) is 5.46. The van der Waals surface area contributed by atoms with Crippen molar-refractivity contribution in [1.29, 1.82) is 0 Å². The van der Waals surface area contributed by atoms with Crippen LogP contribution in [0.1, 0.15) is 12.5 Å². The van der Waals surface area contributed by atoms with Crippen LogP contribution in [0.4, 0.5) is 5.69 Å². The molecule has 98 valence electrons. The van der Waals surface area contributed by atoms with Gasteiger partial charge in [-0.15, -0.1) is 0 Å². The Morgan fingerprint density at radius 3 is 2.50 bits per heavy atom. The molecule has 6 nitrogen and oxygen atoms in total. The van der Waals surface area contributed by atoms with Gasteiger partial charge in [-0.3, -0.25) is 9.27 Å². The van der Waals surface area contributed by atoms with Gasteiger partial charge in [-0.25, -0.2) is 4.79 Å². The SMILES string of the molecule is CCOC(=O)C=Cc1ccc(NS(=O)(=O)O)cc1. The molecule has 0 bridgehead atoms. The molecule has 7 heteroatoms. The highest BCUT2D eigenvalue weighted by atomic mass is 32.2. The second-order valence-corrected chi connectivity index (χ2v) is 4.44. The largest absolute Gasteiger partial charge is 0.463 e. The molecule has 0 atom stereocenters. The minimum absolute atomic E-state index is 0.228. The lowest BCUT2D eigenvalue weighted by Crippen LogP contribution is -2.09. The van der Waals surface area contributed by atoms with Gasteiger partial charge in [0.05, 0.1) is 12.3 Å². The summed E-state index contributed by atoms with van der Waals surface area (Å²) in [5.74, 6) is -0.447. The molecule has 0 heterocycles. The molecular formula is C11H13NO5S. The van der Waals surface area contributed by atoms with Crippen LogP contribution in [0, 0.1) is 0 Å². The summed E-state index contributed by atoms with van der Waals surface area (Å²) in [5, 5.41) is 0. The van der Waals surface area contributed by atoms with Gasteiger partial charge in [-0.1, -0.05) is 12.1 Å². The lowest BCUT2D eigenvalue weighted by atomic mass is 10.2. The van der Waals surface area contributed by atoms with E-state index in [1.807, 2.05) is 4.72 Å². The minimum Gasteiger partial charge on any atom is -0.463 e. The molecular weight excluding hydrogens is 258 g/mol. The quantitative estimate of drug-likeness (QED) is 0.480. The Morgan fingerprint density at radius 2 is 2.00 bits per heavy atom. The van der Waals surface area contributed by atoms with Crippen molar-refractivity contribution in [3.05, 3.63) is 35.9 Å². The van der Waals surface area contributed by atoms with Gasteiger partial charge in [-0.2, -0.15) is 8.42 Å². The lowest BCUT2D eigenvalue weighted by Gasteiger charge is -2.02. The maximum Gasteiger partial charge on any atom is 0.357 e. The number of hydrogen-bond donors (Lipinski definition) is 2. The molecule has 0 aliphatic heterocycles. The fraction of sp³-hybridized carbons (Fsp3) is 0.182. The van der Waals surface area contributed by atoms with Gasteiger partial charge in [0.25, 0.3) is 0 Å². The van der Waals surface area contributed by atoms with Crippen molar-refractivity contribution in [2.75, 3.05) is 11.3 Å². The zero-order valence-corrected chi connectivity index (χ0v) is 10.5. The van der Waals surface area contributed by atoms with Gasteiger partial charge >= 0.3 is 16.3 Å². The summed E-state index contributed by atoms with van der Waals surface area (Å²) in [7, 11) is -4.27. The van der Waals surface area contributed by atoms with Crippen LogP contribution in [0.3, 0.4) is 0 Å². The van der Waals surface area contributed by atoms with Crippen LogP contribution in [-0.2, 0) is 19.8 Å². The summed E-state index contributed by atoms with van der Waals surface area (Å²) in [4.78, 5) is 11.0. The molecule has 0 fully saturated rings. The highest BCUT2D eigenvalue weighted by Gasteiger charge is 2.02. The average molecular weight is 271 g/mol. The van der Waals surface area contributed by atoms with Crippen LogP contribution < -0.4 is 4.72 Å². The Labute approximate surface area is 105 Å². The first kappa shape index (κ1) is 14.2. The molecule has 1 rings (SSSR count). The number of esters is 1. The van der Waals surface area contributed by atoms with Crippen molar-refractivity contribution in [2.45, 2.75) is 6.92 Å². The van der Waals surface area contributed by atoms with Crippen LogP contribution in [0.15, 0.2) is 30.3 Å². The standard InChI is InChI=1S/C11H13NO5S/c1-2-17-11(13)8-5-9-3-6-10(7-4-9)12-18(14,15)16/h3-8,12H,2H2,1H3,(H,14,15,16). The van der Waals surface area contributed by atoms with Gasteiger partial charge < -0.3 is 4.74 Å². The summed E-state index contributed by atoms with van der Waals surface area (Å²) in [5.41, 5.74) is 0.926. The molecule has 0 aromatic heterocycles. The van der Waals surface area contributed by atoms with Crippen molar-refractivity contribution < 1.29 is 22.5 Å². The van der Waals surface area contributed by atoms with E-state index >= 15 is 0 Å². The van der Waals surface area contributed by atoms with Crippen molar-refractivity contribution in [3.8, 4) is 0 Å². The van der Waals surface area contributed by atoms with Gasteiger partial charge in [-0.05, 0) is 30.7 Å². The maximum absolute atomic E-state index is 11.0. The third-order valence-electron chi connectivity index (χ3n) is 1.86. The molecule has 2 N–H and O–H groups in total. The van der Waals surface area contributed by atoms with Crippen LogP contribution >= 0.6 is 0 Å². The molecule has 0 radical (unpaired) electrons. The molecule has 1 aromatic carbocycles. The van der Waals surface area contributed by atoms with E-state index in [0.29, 0.717) is 12.2 Å². The first-order valence-corrected chi connectivity index (χ1v) is 6.55. The Morgan fingerprint density at radius 1 is 1.39 bits per heavy atom. The zero-order chi connectivity index (χ0) is 13.6. The van der Waals surface area contributed by atoms with Crippen LogP contribution in [0.5, 0.6) is 0 Å². The highest BCUT2D eigenvalue weighted by Crippen LogP contribution is 2.11. The third-order valence-corrected chi connectivity index (χ3v) is 2.35. The topological polar surface area (TPSA) is 92.7 Å². The Kier molecular flexibility index (Phi) is 4.87. The van der Waals surface area contributed by atoms with E-state index in [4.69, 9.17) is 9.29 Å². The van der Waals surface area contributed by atoms with E-state index < -0.39 is 16.3 Å². The van der Waals surface area contributed by atoms with E-state index in [-0.39, 0.29) is 5.69 Å². The molecule has 0 spiro atoms. The fourth-order valence-electron chi connectivity index (χ4n) is 1.17. The summed E-state index contributed by atoms with van der Waals surface area (Å²) in [6.07, 6.45) is 2.81. The molecule has 0 saturated heterocycles. The summed E-state index contributed by atoms with van der Waals surface area (Å²) in [6.45, 7) is 2.02. The Bertz CT molecular complexity index is 533. The zero-order valence-electron chi connectivity index (χ0n) is 9.66. The summed E-state index contributed by atoms with van der Waals surface area (Å²) in [6, 6.07) is 6.09. The summed E-state index contributed by atoms with van der Waals surface area (Å²) < 4.78 is 36.3. The van der Waals surface area contributed by atoms with Crippen LogP contribution in [-0.4, -0.2) is 25.5 Å². The maximum atomic E-state index is 11.0. The van der Waals surface area contributed by atoms with Crippen LogP contribution in [0.25, 0.3) is 6.08 Å². The van der Waals surface area contributed by atoms with E-state index in [9.17, 15) is 13.2 Å². The van der Waals surface area contributed by atoms with E-state index in [2.05, 4.69) is 0 Å². The molecule has 0 amide bonds. The monoisotopic (exact) mass is 271 g/mol. The molecule has 0 unspecified atom stereocenters. The van der Waals surface area contributed by atoms with E-state index in [0.717, 1.165) is 0 Å². The Balaban J connectivity index is 2.69. The van der Waals surface area contributed by atoms with Crippen LogP contribution in [0.2, 0.25) is 0 Å². The smallest absolute Gasteiger partial charge is 0.357 e. The first-order chi connectivity index (χ1) is 8.40. The number of nitrogens with one attached hydrogen (secondary N) is 1. The average Bonchev–Trinajstić information content (AvgIpc) is 2.26. The second-order valence-electron chi connectivity index (χ2n) is 3.28. The number of hydrogen-bond acceptors (Lipinski definition) is 4. The van der Waals surface area contributed by atoms with Crippen molar-refractivity contribution in [2.24, 2.45) is 0 Å². The number of carbonyl (C=O) groups is 1. The molecule has 0 aliphatic carbocycles. The number of carbonyl (C=O) groups excluding carboxylic acids is 1.